The first-order valence-corrected chi connectivity index (χ1v) is 7.05. The van der Waals surface area contributed by atoms with Crippen LogP contribution in [0.2, 0.25) is 0 Å². The van der Waals surface area contributed by atoms with Gasteiger partial charge in [0, 0.05) is 9.37 Å². The van der Waals surface area contributed by atoms with Crippen molar-refractivity contribution in [3.05, 3.63) is 41.4 Å². The van der Waals surface area contributed by atoms with Crippen LogP contribution < -0.4 is 0 Å². The fraction of sp³-hybridized carbons (Fsp3) is 0.308. The molecule has 0 aliphatic rings. The highest BCUT2D eigenvalue weighted by atomic mass is 79.9. The molecule has 4 heteroatoms. The van der Waals surface area contributed by atoms with E-state index in [1.54, 1.807) is 6.08 Å². The third kappa shape index (κ3) is 4.56. The van der Waals surface area contributed by atoms with Crippen molar-refractivity contribution in [2.24, 2.45) is 0 Å². The summed E-state index contributed by atoms with van der Waals surface area (Å²) in [6.45, 7) is 5.89. The maximum absolute atomic E-state index is 11.7. The minimum Gasteiger partial charge on any atom is -0.465 e. The van der Waals surface area contributed by atoms with Crippen LogP contribution in [-0.2, 0) is 9.53 Å². The van der Waals surface area contributed by atoms with E-state index in [4.69, 9.17) is 4.74 Å². The summed E-state index contributed by atoms with van der Waals surface area (Å²) in [5.41, 5.74) is 0. The monoisotopic (exact) mass is 314 g/mol. The van der Waals surface area contributed by atoms with E-state index in [1.807, 2.05) is 31.2 Å². The van der Waals surface area contributed by atoms with E-state index in [9.17, 15) is 4.79 Å². The largest absolute Gasteiger partial charge is 0.465 e. The maximum Gasteiger partial charge on any atom is 0.319 e. The van der Waals surface area contributed by atoms with E-state index in [0.717, 1.165) is 9.37 Å². The van der Waals surface area contributed by atoms with Gasteiger partial charge in [0.05, 0.1) is 6.61 Å². The van der Waals surface area contributed by atoms with Gasteiger partial charge in [-0.15, -0.1) is 18.3 Å². The molecule has 1 aromatic carbocycles. The van der Waals surface area contributed by atoms with Gasteiger partial charge in [0.15, 0.2) is 0 Å². The Morgan fingerprint density at radius 1 is 1.59 bits per heavy atom. The van der Waals surface area contributed by atoms with Crippen LogP contribution in [0.1, 0.15) is 13.3 Å². The number of halogens is 1. The number of benzene rings is 1. The molecule has 0 aliphatic carbocycles. The highest BCUT2D eigenvalue weighted by Crippen LogP contribution is 2.32. The quantitative estimate of drug-likeness (QED) is 0.450. The maximum atomic E-state index is 11.7. The number of carbonyl (C=O) groups is 1. The van der Waals surface area contributed by atoms with Crippen molar-refractivity contribution in [1.82, 2.24) is 0 Å². The SMILES string of the molecule is C=CCC(Sc1ccccc1Br)C(=O)OCC. The summed E-state index contributed by atoms with van der Waals surface area (Å²) in [7, 11) is 0. The second-order valence-electron chi connectivity index (χ2n) is 3.31. The van der Waals surface area contributed by atoms with Gasteiger partial charge in [-0.2, -0.15) is 0 Å². The molecule has 1 rings (SSSR count). The molecule has 0 fully saturated rings. The number of carbonyl (C=O) groups excluding carboxylic acids is 1. The van der Waals surface area contributed by atoms with Gasteiger partial charge in [-0.05, 0) is 41.4 Å². The molecule has 0 saturated carbocycles. The van der Waals surface area contributed by atoms with Crippen molar-refractivity contribution in [2.75, 3.05) is 6.61 Å². The van der Waals surface area contributed by atoms with E-state index in [1.165, 1.54) is 11.8 Å². The van der Waals surface area contributed by atoms with E-state index < -0.39 is 0 Å². The van der Waals surface area contributed by atoms with E-state index in [2.05, 4.69) is 22.5 Å². The molecule has 0 radical (unpaired) electrons. The molecule has 0 heterocycles. The standard InChI is InChI=1S/C13H15BrO2S/c1-3-7-12(13(15)16-4-2)17-11-9-6-5-8-10(11)14/h3,5-6,8-9,12H,1,4,7H2,2H3. The Hall–Kier alpha value is -0.740. The number of rotatable bonds is 6. The van der Waals surface area contributed by atoms with Crippen LogP contribution in [0.25, 0.3) is 0 Å². The van der Waals surface area contributed by atoms with Gasteiger partial charge in [-0.25, -0.2) is 0 Å². The van der Waals surface area contributed by atoms with E-state index in [-0.39, 0.29) is 11.2 Å². The zero-order chi connectivity index (χ0) is 12.7. The Morgan fingerprint density at radius 2 is 2.29 bits per heavy atom. The number of allylic oxidation sites excluding steroid dienone is 1. The molecule has 0 spiro atoms. The van der Waals surface area contributed by atoms with Gasteiger partial charge in [-0.1, -0.05) is 18.2 Å². The molecule has 0 N–H and O–H groups in total. The van der Waals surface area contributed by atoms with Crippen molar-refractivity contribution in [3.8, 4) is 0 Å². The summed E-state index contributed by atoms with van der Waals surface area (Å²) in [6.07, 6.45) is 2.34. The van der Waals surface area contributed by atoms with Crippen molar-refractivity contribution < 1.29 is 9.53 Å². The molecule has 1 unspecified atom stereocenters. The fourth-order valence-electron chi connectivity index (χ4n) is 1.27. The summed E-state index contributed by atoms with van der Waals surface area (Å²) in [5.74, 6) is -0.187. The lowest BCUT2D eigenvalue weighted by molar-refractivity contribution is -0.142. The van der Waals surface area contributed by atoms with Gasteiger partial charge >= 0.3 is 5.97 Å². The summed E-state index contributed by atoms with van der Waals surface area (Å²) in [5, 5.41) is -0.230. The number of thioether (sulfide) groups is 1. The molecule has 0 bridgehead atoms. The van der Waals surface area contributed by atoms with Crippen LogP contribution in [0.5, 0.6) is 0 Å². The first kappa shape index (κ1) is 14.3. The van der Waals surface area contributed by atoms with Gasteiger partial charge < -0.3 is 4.74 Å². The van der Waals surface area contributed by atoms with Gasteiger partial charge in [-0.3, -0.25) is 4.79 Å². The summed E-state index contributed by atoms with van der Waals surface area (Å²) >= 11 is 4.96. The Labute approximate surface area is 115 Å². The third-order valence-electron chi connectivity index (χ3n) is 2.04. The minimum absolute atomic E-state index is 0.187. The second kappa shape index (κ2) is 7.56. The lowest BCUT2D eigenvalue weighted by atomic mass is 10.3. The normalized spacial score (nSPS) is 11.9. The Kier molecular flexibility index (Phi) is 6.37. The lowest BCUT2D eigenvalue weighted by Crippen LogP contribution is -2.19. The predicted octanol–water partition coefficient (Wildman–Crippen LogP) is 4.05. The molecule has 0 saturated heterocycles. The second-order valence-corrected chi connectivity index (χ2v) is 5.41. The highest BCUT2D eigenvalue weighted by Gasteiger charge is 2.20. The molecule has 2 nitrogen and oxygen atoms in total. The molecule has 0 aliphatic heterocycles. The average Bonchev–Trinajstić information content (AvgIpc) is 2.31. The molecular weight excluding hydrogens is 300 g/mol. The number of ether oxygens (including phenoxy) is 1. The first-order chi connectivity index (χ1) is 8.19. The predicted molar refractivity (Wildman–Crippen MR) is 75.2 cm³/mol. The zero-order valence-electron chi connectivity index (χ0n) is 9.69. The van der Waals surface area contributed by atoms with Crippen LogP contribution in [-0.4, -0.2) is 17.8 Å². The molecule has 1 aromatic rings. The minimum atomic E-state index is -0.230. The lowest BCUT2D eigenvalue weighted by Gasteiger charge is -2.14. The van der Waals surface area contributed by atoms with Gasteiger partial charge in [0.2, 0.25) is 0 Å². The Bertz CT molecular complexity index is 393. The molecule has 92 valence electrons. The van der Waals surface area contributed by atoms with Crippen molar-refractivity contribution in [3.63, 3.8) is 0 Å². The highest BCUT2D eigenvalue weighted by molar-refractivity contribution is 9.10. The molecular formula is C13H15BrO2S. The van der Waals surface area contributed by atoms with Crippen LogP contribution >= 0.6 is 27.7 Å². The Morgan fingerprint density at radius 3 is 2.88 bits per heavy atom. The number of hydrogen-bond donors (Lipinski definition) is 0. The van der Waals surface area contributed by atoms with Crippen molar-refractivity contribution >= 4 is 33.7 Å². The number of esters is 1. The molecule has 1 atom stereocenters. The summed E-state index contributed by atoms with van der Waals surface area (Å²) in [4.78, 5) is 12.8. The Balaban J connectivity index is 2.76. The molecule has 17 heavy (non-hydrogen) atoms. The van der Waals surface area contributed by atoms with Crippen LogP contribution in [0.4, 0.5) is 0 Å². The summed E-state index contributed by atoms with van der Waals surface area (Å²) < 4.78 is 6.04. The molecule has 0 amide bonds. The average molecular weight is 315 g/mol. The van der Waals surface area contributed by atoms with Crippen LogP contribution in [0.3, 0.4) is 0 Å². The van der Waals surface area contributed by atoms with Gasteiger partial charge in [0.1, 0.15) is 5.25 Å². The summed E-state index contributed by atoms with van der Waals surface area (Å²) in [6, 6.07) is 7.83. The smallest absolute Gasteiger partial charge is 0.319 e. The van der Waals surface area contributed by atoms with Crippen molar-refractivity contribution in [2.45, 2.75) is 23.5 Å². The zero-order valence-corrected chi connectivity index (χ0v) is 12.1. The molecule has 0 aromatic heterocycles. The van der Waals surface area contributed by atoms with Crippen molar-refractivity contribution in [1.29, 1.82) is 0 Å². The van der Waals surface area contributed by atoms with Gasteiger partial charge in [0.25, 0.3) is 0 Å². The first-order valence-electron chi connectivity index (χ1n) is 5.37. The third-order valence-corrected chi connectivity index (χ3v) is 4.27. The fourth-order valence-corrected chi connectivity index (χ4v) is 2.88. The topological polar surface area (TPSA) is 26.3 Å². The van der Waals surface area contributed by atoms with E-state index >= 15 is 0 Å². The number of hydrogen-bond acceptors (Lipinski definition) is 3. The van der Waals surface area contributed by atoms with E-state index in [0.29, 0.717) is 13.0 Å². The van der Waals surface area contributed by atoms with Crippen LogP contribution in [0.15, 0.2) is 46.3 Å². The van der Waals surface area contributed by atoms with Crippen LogP contribution in [0, 0.1) is 0 Å².